The van der Waals surface area contributed by atoms with Gasteiger partial charge in [-0.1, -0.05) is 41.4 Å². The van der Waals surface area contributed by atoms with E-state index in [0.29, 0.717) is 27.8 Å². The third-order valence-electron chi connectivity index (χ3n) is 6.04. The van der Waals surface area contributed by atoms with Gasteiger partial charge in [-0.15, -0.1) is 0 Å². The Morgan fingerprint density at radius 2 is 1.77 bits per heavy atom. The molecule has 0 saturated carbocycles. The number of nitrogens with one attached hydrogen (secondary N) is 2. The highest BCUT2D eigenvalue weighted by molar-refractivity contribution is 6.35. The number of halogens is 2. The van der Waals surface area contributed by atoms with Crippen LogP contribution in [0.5, 0.6) is 0 Å². The molecule has 10 heteroatoms. The zero-order valence-electron chi connectivity index (χ0n) is 19.2. The summed E-state index contributed by atoms with van der Waals surface area (Å²) in [5, 5.41) is 10.9. The first-order valence-electron chi connectivity index (χ1n) is 11.3. The van der Waals surface area contributed by atoms with Gasteiger partial charge in [-0.25, -0.2) is 9.99 Å². The fraction of sp³-hybridized carbons (Fsp3) is 0.240. The molecule has 0 aliphatic carbocycles. The van der Waals surface area contributed by atoms with Crippen molar-refractivity contribution in [3.63, 3.8) is 0 Å². The summed E-state index contributed by atoms with van der Waals surface area (Å²) in [5.41, 5.74) is 6.91. The number of rotatable bonds is 6. The lowest BCUT2D eigenvalue weighted by atomic mass is 10.1. The van der Waals surface area contributed by atoms with E-state index in [-0.39, 0.29) is 5.91 Å². The third kappa shape index (κ3) is 5.41. The summed E-state index contributed by atoms with van der Waals surface area (Å²) in [5.74, 6) is 0.667. The Balaban J connectivity index is 1.33. The molecule has 35 heavy (non-hydrogen) atoms. The van der Waals surface area contributed by atoms with Crippen molar-refractivity contribution in [1.82, 2.24) is 29.9 Å². The Bertz CT molecular complexity index is 1350. The van der Waals surface area contributed by atoms with E-state index in [1.54, 1.807) is 16.8 Å². The van der Waals surface area contributed by atoms with Crippen LogP contribution in [-0.2, 0) is 6.54 Å². The Morgan fingerprint density at radius 1 is 1.00 bits per heavy atom. The summed E-state index contributed by atoms with van der Waals surface area (Å²) in [4.78, 5) is 19.7. The second-order valence-corrected chi connectivity index (χ2v) is 9.37. The molecule has 2 N–H and O–H groups in total. The lowest BCUT2D eigenvalue weighted by molar-refractivity contribution is 0.0662. The van der Waals surface area contributed by atoms with Crippen molar-refractivity contribution < 1.29 is 4.79 Å². The first-order chi connectivity index (χ1) is 17.0. The maximum absolute atomic E-state index is 12.7. The van der Waals surface area contributed by atoms with E-state index in [0.717, 1.165) is 48.8 Å². The smallest absolute Gasteiger partial charge is 0.265 e. The molecule has 3 heterocycles. The number of fused-ring (bicyclic) bond motifs is 1. The molecule has 2 aromatic heterocycles. The molecule has 1 amide bonds. The maximum Gasteiger partial charge on any atom is 0.265 e. The minimum Gasteiger partial charge on any atom is -0.366 e. The van der Waals surface area contributed by atoms with Crippen LogP contribution in [-0.4, -0.2) is 63.6 Å². The van der Waals surface area contributed by atoms with Gasteiger partial charge in [-0.05, 0) is 36.9 Å². The topological polar surface area (TPSA) is 77.8 Å². The fourth-order valence-corrected chi connectivity index (χ4v) is 4.43. The molecule has 4 aromatic rings. The van der Waals surface area contributed by atoms with Crippen molar-refractivity contribution in [3.8, 4) is 11.3 Å². The van der Waals surface area contributed by atoms with Crippen LogP contribution in [0.4, 0.5) is 5.82 Å². The van der Waals surface area contributed by atoms with Crippen LogP contribution < -0.4 is 10.7 Å². The predicted molar refractivity (Wildman–Crippen MR) is 139 cm³/mol. The minimum absolute atomic E-state index is 0.109. The number of hydrogen-bond acceptors (Lipinski definition) is 6. The number of anilines is 1. The van der Waals surface area contributed by atoms with E-state index in [4.69, 9.17) is 28.2 Å². The van der Waals surface area contributed by atoms with Gasteiger partial charge in [0, 0.05) is 66.0 Å². The maximum atomic E-state index is 12.7. The highest BCUT2D eigenvalue weighted by Crippen LogP contribution is 2.25. The normalized spacial score (nSPS) is 14.8. The second-order valence-electron chi connectivity index (χ2n) is 8.53. The van der Waals surface area contributed by atoms with E-state index >= 15 is 0 Å². The summed E-state index contributed by atoms with van der Waals surface area (Å²) in [7, 11) is 2.08. The van der Waals surface area contributed by atoms with E-state index in [1.165, 1.54) is 0 Å². The molecule has 1 saturated heterocycles. The first kappa shape index (κ1) is 23.6. The molecule has 1 aliphatic rings. The van der Waals surface area contributed by atoms with Crippen molar-refractivity contribution in [2.45, 2.75) is 6.54 Å². The molecule has 0 bridgehead atoms. The number of nitrogens with zero attached hydrogens (tertiary/aromatic N) is 5. The Labute approximate surface area is 213 Å². The summed E-state index contributed by atoms with van der Waals surface area (Å²) in [6.45, 7) is 3.99. The van der Waals surface area contributed by atoms with E-state index in [1.807, 2.05) is 53.5 Å². The minimum atomic E-state index is -0.109. The van der Waals surface area contributed by atoms with Gasteiger partial charge in [0.15, 0.2) is 5.65 Å². The number of amides is 1. The van der Waals surface area contributed by atoms with Crippen LogP contribution in [0.1, 0.15) is 15.9 Å². The average molecular weight is 510 g/mol. The zero-order chi connectivity index (χ0) is 24.4. The van der Waals surface area contributed by atoms with Crippen LogP contribution in [0.15, 0.2) is 60.8 Å². The Kier molecular flexibility index (Phi) is 6.88. The molecule has 8 nitrogen and oxygen atoms in total. The zero-order valence-corrected chi connectivity index (χ0v) is 20.7. The highest BCUT2D eigenvalue weighted by atomic mass is 35.5. The third-order valence-corrected chi connectivity index (χ3v) is 6.63. The quantitative estimate of drug-likeness (QED) is 0.405. The van der Waals surface area contributed by atoms with Gasteiger partial charge in [0.05, 0.1) is 11.9 Å². The van der Waals surface area contributed by atoms with Gasteiger partial charge in [-0.3, -0.25) is 10.2 Å². The monoisotopic (exact) mass is 509 g/mol. The lowest BCUT2D eigenvalue weighted by Gasteiger charge is -2.32. The van der Waals surface area contributed by atoms with Crippen molar-refractivity contribution in [3.05, 3.63) is 82.0 Å². The van der Waals surface area contributed by atoms with Crippen molar-refractivity contribution in [2.24, 2.45) is 0 Å². The molecule has 2 aromatic carbocycles. The number of hydrogen-bond donors (Lipinski definition) is 2. The van der Waals surface area contributed by atoms with Crippen LogP contribution in [0.3, 0.4) is 0 Å². The molecule has 0 atom stereocenters. The number of benzene rings is 2. The summed E-state index contributed by atoms with van der Waals surface area (Å²) in [6.07, 6.45) is 1.71. The number of carbonyl (C=O) groups excluding carboxylic acids is 1. The van der Waals surface area contributed by atoms with Crippen LogP contribution in [0.2, 0.25) is 10.0 Å². The molecule has 0 unspecified atom stereocenters. The van der Waals surface area contributed by atoms with Crippen LogP contribution in [0, 0.1) is 0 Å². The van der Waals surface area contributed by atoms with Gasteiger partial charge < -0.3 is 10.2 Å². The van der Waals surface area contributed by atoms with Crippen molar-refractivity contribution in [2.75, 3.05) is 38.5 Å². The molecular weight excluding hydrogens is 485 g/mol. The van der Waals surface area contributed by atoms with Crippen molar-refractivity contribution >= 4 is 40.6 Å². The Morgan fingerprint density at radius 3 is 2.51 bits per heavy atom. The van der Waals surface area contributed by atoms with Crippen molar-refractivity contribution in [1.29, 1.82) is 0 Å². The lowest BCUT2D eigenvalue weighted by Crippen LogP contribution is -2.52. The molecule has 180 valence electrons. The SMILES string of the molecule is CN1CCN(NC(=O)c2ccc(-c3cc(NCc4ccc(Cl)cc4Cl)n4nccc4n3)cc2)CC1. The standard InChI is InChI=1S/C25H25Cl2N7O/c1-32-10-12-33(13-11-32)31-25(35)18-4-2-17(3-5-18)22-15-24(34-23(30-22)8-9-29-34)28-16-19-6-7-20(26)14-21(19)27/h2-9,14-15,28H,10-13,16H2,1H3,(H,31,35). The number of piperazine rings is 1. The molecule has 0 radical (unpaired) electrons. The number of aromatic nitrogens is 3. The first-order valence-corrected chi connectivity index (χ1v) is 12.1. The number of likely N-dealkylation sites (N-methyl/N-ethyl adjacent to an activating group) is 1. The molecule has 0 spiro atoms. The molecule has 1 fully saturated rings. The van der Waals surface area contributed by atoms with E-state index in [2.05, 4.69) is 27.8 Å². The average Bonchev–Trinajstić information content (AvgIpc) is 3.34. The van der Waals surface area contributed by atoms with Gasteiger partial charge >= 0.3 is 0 Å². The highest BCUT2D eigenvalue weighted by Gasteiger charge is 2.17. The van der Waals surface area contributed by atoms with Gasteiger partial charge in [0.1, 0.15) is 5.82 Å². The van der Waals surface area contributed by atoms with Gasteiger partial charge in [-0.2, -0.15) is 9.61 Å². The largest absolute Gasteiger partial charge is 0.366 e. The van der Waals surface area contributed by atoms with Crippen LogP contribution in [0.25, 0.3) is 16.9 Å². The predicted octanol–water partition coefficient (Wildman–Crippen LogP) is 4.21. The summed E-state index contributed by atoms with van der Waals surface area (Å²) < 4.78 is 1.74. The molecular formula is C25H25Cl2N7O. The van der Waals surface area contributed by atoms with Crippen LogP contribution >= 0.6 is 23.2 Å². The molecule has 1 aliphatic heterocycles. The number of hydrazine groups is 1. The summed E-state index contributed by atoms with van der Waals surface area (Å²) >= 11 is 12.3. The van der Waals surface area contributed by atoms with Gasteiger partial charge in [0.25, 0.3) is 5.91 Å². The second kappa shape index (κ2) is 10.2. The van der Waals surface area contributed by atoms with Gasteiger partial charge in [0.2, 0.25) is 0 Å². The fourth-order valence-electron chi connectivity index (χ4n) is 3.96. The Hall–Kier alpha value is -3.17. The van der Waals surface area contributed by atoms with E-state index in [9.17, 15) is 4.79 Å². The van der Waals surface area contributed by atoms with E-state index < -0.39 is 0 Å². The molecule has 5 rings (SSSR count). The summed E-state index contributed by atoms with van der Waals surface area (Å²) in [6, 6.07) is 16.7. The number of carbonyl (C=O) groups is 1.